The van der Waals surface area contributed by atoms with Crippen molar-refractivity contribution in [3.05, 3.63) is 46.1 Å². The predicted molar refractivity (Wildman–Crippen MR) is 66.3 cm³/mol. The van der Waals surface area contributed by atoms with Crippen LogP contribution in [0.3, 0.4) is 0 Å². The molecule has 0 aliphatic heterocycles. The van der Waals surface area contributed by atoms with Crippen molar-refractivity contribution in [3.63, 3.8) is 0 Å². The monoisotopic (exact) mass is 232 g/mol. The SMILES string of the molecule is Cc1cccc(-n2c(CCCN)n[nH]c2=O)c1. The number of aromatic amines is 1. The van der Waals surface area contributed by atoms with E-state index in [1.807, 2.05) is 31.2 Å². The molecule has 1 aromatic heterocycles. The zero-order chi connectivity index (χ0) is 12.3. The van der Waals surface area contributed by atoms with Crippen LogP contribution in [0, 0.1) is 6.92 Å². The Morgan fingerprint density at radius 2 is 2.29 bits per heavy atom. The fourth-order valence-corrected chi connectivity index (χ4v) is 1.79. The molecule has 2 aromatic rings. The lowest BCUT2D eigenvalue weighted by Gasteiger charge is -2.05. The largest absolute Gasteiger partial charge is 0.347 e. The maximum absolute atomic E-state index is 11.7. The van der Waals surface area contributed by atoms with Crippen LogP contribution in [-0.4, -0.2) is 21.3 Å². The third-order valence-electron chi connectivity index (χ3n) is 2.61. The molecule has 17 heavy (non-hydrogen) atoms. The summed E-state index contributed by atoms with van der Waals surface area (Å²) in [4.78, 5) is 11.7. The number of nitrogens with zero attached hydrogens (tertiary/aromatic N) is 2. The zero-order valence-electron chi connectivity index (χ0n) is 9.81. The van der Waals surface area contributed by atoms with Gasteiger partial charge in [-0.1, -0.05) is 12.1 Å². The Morgan fingerprint density at radius 1 is 1.47 bits per heavy atom. The molecule has 5 heteroatoms. The molecule has 0 unspecified atom stereocenters. The van der Waals surface area contributed by atoms with Gasteiger partial charge in [-0.05, 0) is 37.6 Å². The van der Waals surface area contributed by atoms with Gasteiger partial charge in [0.15, 0.2) is 0 Å². The molecule has 0 saturated heterocycles. The fraction of sp³-hybridized carbons (Fsp3) is 0.333. The van der Waals surface area contributed by atoms with E-state index in [1.165, 1.54) is 0 Å². The van der Waals surface area contributed by atoms with Crippen molar-refractivity contribution in [2.75, 3.05) is 6.54 Å². The molecule has 0 saturated carbocycles. The number of hydrogen-bond acceptors (Lipinski definition) is 3. The van der Waals surface area contributed by atoms with Crippen molar-refractivity contribution in [1.82, 2.24) is 14.8 Å². The Morgan fingerprint density at radius 3 is 3.00 bits per heavy atom. The number of hydrogen-bond donors (Lipinski definition) is 2. The lowest BCUT2D eigenvalue weighted by atomic mass is 10.2. The van der Waals surface area contributed by atoms with Crippen LogP contribution >= 0.6 is 0 Å². The first kappa shape index (κ1) is 11.6. The maximum Gasteiger partial charge on any atom is 0.347 e. The highest BCUT2D eigenvalue weighted by Gasteiger charge is 2.09. The van der Waals surface area contributed by atoms with Gasteiger partial charge in [-0.3, -0.25) is 0 Å². The molecule has 0 bridgehead atoms. The van der Waals surface area contributed by atoms with Gasteiger partial charge < -0.3 is 5.73 Å². The third kappa shape index (κ3) is 2.45. The molecule has 2 rings (SSSR count). The molecule has 0 amide bonds. The van der Waals surface area contributed by atoms with E-state index in [9.17, 15) is 4.79 Å². The van der Waals surface area contributed by atoms with Crippen LogP contribution in [0.1, 0.15) is 17.8 Å². The van der Waals surface area contributed by atoms with Gasteiger partial charge in [-0.15, -0.1) is 0 Å². The van der Waals surface area contributed by atoms with E-state index < -0.39 is 0 Å². The molecule has 0 spiro atoms. The van der Waals surface area contributed by atoms with Gasteiger partial charge in [-0.2, -0.15) is 5.10 Å². The van der Waals surface area contributed by atoms with Crippen LogP contribution in [0.2, 0.25) is 0 Å². The molecule has 90 valence electrons. The summed E-state index contributed by atoms with van der Waals surface area (Å²) in [7, 11) is 0. The molecule has 5 nitrogen and oxygen atoms in total. The fourth-order valence-electron chi connectivity index (χ4n) is 1.79. The van der Waals surface area contributed by atoms with Crippen LogP contribution in [0.5, 0.6) is 0 Å². The van der Waals surface area contributed by atoms with E-state index in [4.69, 9.17) is 5.73 Å². The lowest BCUT2D eigenvalue weighted by molar-refractivity contribution is 0.757. The second kappa shape index (κ2) is 4.97. The number of nitrogens with one attached hydrogen (secondary N) is 1. The molecule has 0 atom stereocenters. The molecule has 0 aliphatic carbocycles. The summed E-state index contributed by atoms with van der Waals surface area (Å²) in [6, 6.07) is 7.78. The second-order valence-corrected chi connectivity index (χ2v) is 4.01. The summed E-state index contributed by atoms with van der Waals surface area (Å²) < 4.78 is 1.60. The summed E-state index contributed by atoms with van der Waals surface area (Å²) in [5, 5.41) is 6.51. The minimum Gasteiger partial charge on any atom is -0.330 e. The summed E-state index contributed by atoms with van der Waals surface area (Å²) in [6.07, 6.45) is 1.51. The Bertz CT molecular complexity index is 556. The normalized spacial score (nSPS) is 10.7. The van der Waals surface area contributed by atoms with E-state index in [0.717, 1.165) is 23.5 Å². The topological polar surface area (TPSA) is 76.7 Å². The van der Waals surface area contributed by atoms with Gasteiger partial charge in [0.25, 0.3) is 0 Å². The molecule has 1 heterocycles. The summed E-state index contributed by atoms with van der Waals surface area (Å²) in [5.74, 6) is 0.728. The average molecular weight is 232 g/mol. The van der Waals surface area contributed by atoms with Crippen LogP contribution in [-0.2, 0) is 6.42 Å². The molecule has 3 N–H and O–H groups in total. The highest BCUT2D eigenvalue weighted by molar-refractivity contribution is 5.36. The predicted octanol–water partition coefficient (Wildman–Crippen LogP) is 0.760. The molecule has 1 aromatic carbocycles. The maximum atomic E-state index is 11.7. The second-order valence-electron chi connectivity index (χ2n) is 4.01. The quantitative estimate of drug-likeness (QED) is 0.817. The Labute approximate surface area is 99.3 Å². The minimum atomic E-state index is -0.206. The standard InChI is InChI=1S/C12H16N4O/c1-9-4-2-5-10(8-9)16-11(6-3-7-13)14-15-12(16)17/h2,4-5,8H,3,6-7,13H2,1H3,(H,15,17). The third-order valence-corrected chi connectivity index (χ3v) is 2.61. The van der Waals surface area contributed by atoms with E-state index in [2.05, 4.69) is 10.2 Å². The van der Waals surface area contributed by atoms with Crippen LogP contribution < -0.4 is 11.4 Å². The summed E-state index contributed by atoms with van der Waals surface area (Å²) >= 11 is 0. The number of benzene rings is 1. The molecule has 0 fully saturated rings. The summed E-state index contributed by atoms with van der Waals surface area (Å²) in [6.45, 7) is 2.59. The number of aryl methyl sites for hydroxylation is 2. The van der Waals surface area contributed by atoms with Crippen molar-refractivity contribution in [2.24, 2.45) is 5.73 Å². The van der Waals surface area contributed by atoms with E-state index >= 15 is 0 Å². The van der Waals surface area contributed by atoms with Crippen LogP contribution in [0.4, 0.5) is 0 Å². The van der Waals surface area contributed by atoms with Crippen molar-refractivity contribution < 1.29 is 0 Å². The number of aromatic nitrogens is 3. The lowest BCUT2D eigenvalue weighted by Crippen LogP contribution is -2.17. The van der Waals surface area contributed by atoms with Crippen LogP contribution in [0.15, 0.2) is 29.1 Å². The average Bonchev–Trinajstić information content (AvgIpc) is 2.68. The first-order valence-corrected chi connectivity index (χ1v) is 5.66. The summed E-state index contributed by atoms with van der Waals surface area (Å²) in [5.41, 5.74) is 7.22. The van der Waals surface area contributed by atoms with E-state index in [0.29, 0.717) is 13.0 Å². The van der Waals surface area contributed by atoms with Crippen molar-refractivity contribution in [1.29, 1.82) is 0 Å². The van der Waals surface area contributed by atoms with Gasteiger partial charge >= 0.3 is 5.69 Å². The van der Waals surface area contributed by atoms with Gasteiger partial charge in [-0.25, -0.2) is 14.5 Å². The van der Waals surface area contributed by atoms with Crippen molar-refractivity contribution >= 4 is 0 Å². The molecule has 0 radical (unpaired) electrons. The Kier molecular flexibility index (Phi) is 3.39. The minimum absolute atomic E-state index is 0.206. The smallest absolute Gasteiger partial charge is 0.330 e. The highest BCUT2D eigenvalue weighted by Crippen LogP contribution is 2.10. The van der Waals surface area contributed by atoms with E-state index in [1.54, 1.807) is 4.57 Å². The number of H-pyrrole nitrogens is 1. The molecule has 0 aliphatic rings. The number of rotatable bonds is 4. The first-order chi connectivity index (χ1) is 8.22. The van der Waals surface area contributed by atoms with Crippen LogP contribution in [0.25, 0.3) is 5.69 Å². The van der Waals surface area contributed by atoms with Gasteiger partial charge in [0.1, 0.15) is 5.82 Å². The Hall–Kier alpha value is -1.88. The first-order valence-electron chi connectivity index (χ1n) is 5.66. The molecular formula is C12H16N4O. The van der Waals surface area contributed by atoms with Crippen molar-refractivity contribution in [2.45, 2.75) is 19.8 Å². The number of nitrogens with two attached hydrogens (primary N) is 1. The zero-order valence-corrected chi connectivity index (χ0v) is 9.81. The highest BCUT2D eigenvalue weighted by atomic mass is 16.1. The van der Waals surface area contributed by atoms with Gasteiger partial charge in [0.05, 0.1) is 5.69 Å². The van der Waals surface area contributed by atoms with Crippen molar-refractivity contribution in [3.8, 4) is 5.69 Å². The molecular weight excluding hydrogens is 216 g/mol. The Balaban J connectivity index is 2.43. The van der Waals surface area contributed by atoms with Gasteiger partial charge in [0.2, 0.25) is 0 Å². The van der Waals surface area contributed by atoms with Gasteiger partial charge in [0, 0.05) is 6.42 Å². The van der Waals surface area contributed by atoms with E-state index in [-0.39, 0.29) is 5.69 Å².